The summed E-state index contributed by atoms with van der Waals surface area (Å²) in [5, 5.41) is 43.0. The van der Waals surface area contributed by atoms with E-state index in [9.17, 15) is 20.4 Å². The van der Waals surface area contributed by atoms with Gasteiger partial charge in [-0.1, -0.05) is 36.5 Å². The molecule has 0 heterocycles. The fourth-order valence-electron chi connectivity index (χ4n) is 3.86. The van der Waals surface area contributed by atoms with Crippen molar-refractivity contribution in [2.24, 2.45) is 0 Å². The largest absolute Gasteiger partial charge is 0.393 e. The second-order valence-corrected chi connectivity index (χ2v) is 7.43. The minimum absolute atomic E-state index is 0.0302. The van der Waals surface area contributed by atoms with Crippen molar-refractivity contribution in [1.82, 2.24) is 0 Å². The molecule has 0 bridgehead atoms. The summed E-state index contributed by atoms with van der Waals surface area (Å²) in [7, 11) is 0. The standard InChI is InChI=1S/C24H38O5/c1-7-13-21(27,19-25)23(15-9-3,16-10-4)29-24(17-11-5,18-12-6)22(28,20-26)14-8-2/h7-12,25-28H,1-6,13-20H2. The Balaban J connectivity index is 6.93. The molecule has 0 aromatic heterocycles. The second kappa shape index (κ2) is 12.1. The highest BCUT2D eigenvalue weighted by Crippen LogP contribution is 2.47. The predicted molar refractivity (Wildman–Crippen MR) is 120 cm³/mol. The van der Waals surface area contributed by atoms with Gasteiger partial charge >= 0.3 is 0 Å². The number of hydrogen-bond acceptors (Lipinski definition) is 5. The Bertz CT molecular complexity index is 512. The topological polar surface area (TPSA) is 90.2 Å². The molecule has 2 unspecified atom stereocenters. The number of hydrogen-bond donors (Lipinski definition) is 4. The van der Waals surface area contributed by atoms with Crippen molar-refractivity contribution in [2.75, 3.05) is 13.2 Å². The Kier molecular flexibility index (Phi) is 11.3. The third kappa shape index (κ3) is 5.65. The van der Waals surface area contributed by atoms with Crippen LogP contribution in [0, 0.1) is 0 Å². The van der Waals surface area contributed by atoms with Crippen molar-refractivity contribution in [3.05, 3.63) is 75.9 Å². The first kappa shape index (κ1) is 27.2. The maximum Gasteiger partial charge on any atom is 0.120 e. The average Bonchev–Trinajstić information content (AvgIpc) is 2.68. The third-order valence-electron chi connectivity index (χ3n) is 5.47. The van der Waals surface area contributed by atoms with Crippen LogP contribution in [0.25, 0.3) is 0 Å². The van der Waals surface area contributed by atoms with Gasteiger partial charge in [-0.25, -0.2) is 0 Å². The Hall–Kier alpha value is -1.76. The van der Waals surface area contributed by atoms with Crippen molar-refractivity contribution in [1.29, 1.82) is 0 Å². The van der Waals surface area contributed by atoms with Gasteiger partial charge in [0, 0.05) is 0 Å². The average molecular weight is 407 g/mol. The normalized spacial score (nSPS) is 16.1. The molecule has 4 N–H and O–H groups in total. The smallest absolute Gasteiger partial charge is 0.120 e. The van der Waals surface area contributed by atoms with E-state index in [1.165, 1.54) is 12.2 Å². The molecule has 0 fully saturated rings. The lowest BCUT2D eigenvalue weighted by Crippen LogP contribution is -2.67. The van der Waals surface area contributed by atoms with Crippen LogP contribution in [-0.2, 0) is 4.74 Å². The summed E-state index contributed by atoms with van der Waals surface area (Å²) < 4.78 is 6.60. The molecular weight excluding hydrogens is 368 g/mol. The highest BCUT2D eigenvalue weighted by molar-refractivity contribution is 5.16. The lowest BCUT2D eigenvalue weighted by atomic mass is 9.71. The number of aliphatic hydroxyl groups excluding tert-OH is 2. The molecule has 0 aromatic carbocycles. The molecule has 0 rings (SSSR count). The first-order valence-electron chi connectivity index (χ1n) is 9.72. The van der Waals surface area contributed by atoms with Gasteiger partial charge in [0.2, 0.25) is 0 Å². The first-order chi connectivity index (χ1) is 13.7. The van der Waals surface area contributed by atoms with Gasteiger partial charge < -0.3 is 25.2 Å². The van der Waals surface area contributed by atoms with E-state index in [0.29, 0.717) is 0 Å². The summed E-state index contributed by atoms with van der Waals surface area (Å²) in [5.41, 5.74) is -6.30. The van der Waals surface area contributed by atoms with Crippen molar-refractivity contribution in [3.8, 4) is 0 Å². The van der Waals surface area contributed by atoms with E-state index in [4.69, 9.17) is 4.74 Å². The molecular formula is C24H38O5. The fourth-order valence-corrected chi connectivity index (χ4v) is 3.86. The molecule has 2 atom stereocenters. The minimum Gasteiger partial charge on any atom is -0.393 e. The van der Waals surface area contributed by atoms with Crippen molar-refractivity contribution >= 4 is 0 Å². The molecule has 0 spiro atoms. The maximum absolute atomic E-state index is 11.4. The summed E-state index contributed by atoms with van der Waals surface area (Å²) in [5.74, 6) is 0. The summed E-state index contributed by atoms with van der Waals surface area (Å²) in [6, 6.07) is 0. The van der Waals surface area contributed by atoms with Gasteiger partial charge in [0.25, 0.3) is 0 Å². The third-order valence-corrected chi connectivity index (χ3v) is 5.47. The van der Waals surface area contributed by atoms with Crippen LogP contribution in [-0.4, -0.2) is 56.0 Å². The van der Waals surface area contributed by atoms with Gasteiger partial charge in [0.15, 0.2) is 0 Å². The lowest BCUT2D eigenvalue weighted by Gasteiger charge is -2.55. The molecule has 0 radical (unpaired) electrons. The SMILES string of the molecule is C=CCC(O)(CO)C(CC=C)(CC=C)OC(CC=C)(CC=C)C(O)(CO)CC=C. The lowest BCUT2D eigenvalue weighted by molar-refractivity contribution is -0.294. The zero-order valence-electron chi connectivity index (χ0n) is 17.6. The number of aliphatic hydroxyl groups is 4. The molecule has 0 aliphatic heterocycles. The maximum atomic E-state index is 11.4. The van der Waals surface area contributed by atoms with E-state index in [1.54, 1.807) is 24.3 Å². The summed E-state index contributed by atoms with van der Waals surface area (Å²) in [4.78, 5) is 0. The second-order valence-electron chi connectivity index (χ2n) is 7.43. The quantitative estimate of drug-likeness (QED) is 0.262. The van der Waals surface area contributed by atoms with Crippen LogP contribution in [0.2, 0.25) is 0 Å². The van der Waals surface area contributed by atoms with E-state index >= 15 is 0 Å². The van der Waals surface area contributed by atoms with Crippen LogP contribution in [0.1, 0.15) is 38.5 Å². The van der Waals surface area contributed by atoms with E-state index < -0.39 is 35.6 Å². The molecule has 0 aliphatic carbocycles. The predicted octanol–water partition coefficient (Wildman–Crippen LogP) is 3.38. The van der Waals surface area contributed by atoms with Crippen LogP contribution in [0.3, 0.4) is 0 Å². The highest BCUT2D eigenvalue weighted by atomic mass is 16.6. The van der Waals surface area contributed by atoms with E-state index in [2.05, 4.69) is 39.5 Å². The Morgan fingerprint density at radius 1 is 0.517 bits per heavy atom. The molecule has 0 saturated carbocycles. The van der Waals surface area contributed by atoms with Crippen molar-refractivity contribution in [2.45, 2.75) is 60.9 Å². The van der Waals surface area contributed by atoms with E-state index in [-0.39, 0.29) is 38.5 Å². The molecule has 164 valence electrons. The van der Waals surface area contributed by atoms with E-state index in [1.807, 2.05) is 0 Å². The Morgan fingerprint density at radius 3 is 0.931 bits per heavy atom. The Morgan fingerprint density at radius 2 is 0.759 bits per heavy atom. The Labute approximate surface area is 175 Å². The highest BCUT2D eigenvalue weighted by Gasteiger charge is 2.58. The van der Waals surface area contributed by atoms with Crippen molar-refractivity contribution < 1.29 is 25.2 Å². The molecule has 0 amide bonds. The van der Waals surface area contributed by atoms with Crippen LogP contribution in [0.5, 0.6) is 0 Å². The zero-order valence-corrected chi connectivity index (χ0v) is 17.6. The molecule has 5 nitrogen and oxygen atoms in total. The van der Waals surface area contributed by atoms with E-state index in [0.717, 1.165) is 0 Å². The van der Waals surface area contributed by atoms with Gasteiger partial charge in [0.05, 0.1) is 13.2 Å². The van der Waals surface area contributed by atoms with Crippen molar-refractivity contribution in [3.63, 3.8) is 0 Å². The zero-order chi connectivity index (χ0) is 22.6. The molecule has 0 saturated heterocycles. The van der Waals surface area contributed by atoms with Gasteiger partial charge in [-0.15, -0.1) is 39.5 Å². The molecule has 29 heavy (non-hydrogen) atoms. The summed E-state index contributed by atoms with van der Waals surface area (Å²) in [6.45, 7) is 21.2. The first-order valence-corrected chi connectivity index (χ1v) is 9.72. The molecule has 0 aliphatic rings. The minimum atomic E-state index is -1.74. The van der Waals surface area contributed by atoms with Crippen LogP contribution < -0.4 is 0 Å². The molecule has 5 heteroatoms. The summed E-state index contributed by atoms with van der Waals surface area (Å²) in [6.07, 6.45) is 9.94. The summed E-state index contributed by atoms with van der Waals surface area (Å²) >= 11 is 0. The molecule has 0 aromatic rings. The van der Waals surface area contributed by atoms with Crippen LogP contribution in [0.4, 0.5) is 0 Å². The van der Waals surface area contributed by atoms with Crippen LogP contribution in [0.15, 0.2) is 75.9 Å². The van der Waals surface area contributed by atoms with Gasteiger partial charge in [-0.05, 0) is 38.5 Å². The monoisotopic (exact) mass is 406 g/mol. The van der Waals surface area contributed by atoms with Gasteiger partial charge in [-0.2, -0.15) is 0 Å². The van der Waals surface area contributed by atoms with Crippen LogP contribution >= 0.6 is 0 Å². The fraction of sp³-hybridized carbons (Fsp3) is 0.500. The number of rotatable bonds is 18. The van der Waals surface area contributed by atoms with Gasteiger partial charge in [0.1, 0.15) is 22.4 Å². The van der Waals surface area contributed by atoms with Gasteiger partial charge in [-0.3, -0.25) is 0 Å². The number of ether oxygens (including phenoxy) is 1.